The van der Waals surface area contributed by atoms with Crippen LogP contribution in [0.1, 0.15) is 67.8 Å². The normalized spacial score (nSPS) is 14.9. The molecule has 11 aromatic rings. The van der Waals surface area contributed by atoms with Crippen molar-refractivity contribution in [2.24, 2.45) is 0 Å². The Morgan fingerprint density at radius 1 is 0.392 bits per heavy atom. The molecule has 0 N–H and O–H groups in total. The topological polar surface area (TPSA) is 0 Å². The summed E-state index contributed by atoms with van der Waals surface area (Å²) in [6.45, 7) is 0. The van der Waals surface area contributed by atoms with Gasteiger partial charge in [0, 0.05) is 14.7 Å². The highest BCUT2D eigenvalue weighted by Crippen LogP contribution is 2.67. The van der Waals surface area contributed by atoms with Crippen molar-refractivity contribution in [2.45, 2.75) is 23.7 Å². The van der Waals surface area contributed by atoms with Gasteiger partial charge in [0.2, 0.25) is 0 Å². The van der Waals surface area contributed by atoms with Crippen LogP contribution in [0.3, 0.4) is 0 Å². The van der Waals surface area contributed by atoms with Gasteiger partial charge in [0.25, 0.3) is 0 Å². The molecule has 4 aliphatic carbocycles. The maximum atomic E-state index is 4.90. The molecule has 0 bridgehead atoms. The third-order valence-electron chi connectivity index (χ3n) is 16.6. The third kappa shape index (κ3) is 6.10. The van der Waals surface area contributed by atoms with Crippen LogP contribution in [0.25, 0.3) is 88.9 Å². The lowest BCUT2D eigenvalue weighted by Gasteiger charge is -2.49. The van der Waals surface area contributed by atoms with E-state index in [1.165, 1.54) is 121 Å². The average molecular weight is 977 g/mol. The van der Waals surface area contributed by atoms with Gasteiger partial charge in [-0.2, -0.15) is 0 Å². The van der Waals surface area contributed by atoms with Crippen LogP contribution in [-0.4, -0.2) is 0 Å². The molecule has 0 unspecified atom stereocenters. The Bertz CT molecular complexity index is 4220. The molecule has 0 radical (unpaired) electrons. The van der Waals surface area contributed by atoms with E-state index < -0.39 is 10.8 Å². The number of benzene rings is 10. The molecule has 0 nitrogen and oxygen atoms in total. The fourth-order valence-electron chi connectivity index (χ4n) is 13.7. The minimum Gasteiger partial charge on any atom is -0.142 e. The lowest BCUT2D eigenvalue weighted by molar-refractivity contribution is 0.633. The maximum absolute atomic E-state index is 4.90. The zero-order valence-electron chi connectivity index (χ0n) is 40.6. The van der Waals surface area contributed by atoms with E-state index >= 15 is 0 Å². The fourth-order valence-corrected chi connectivity index (χ4v) is 14.9. The van der Waals surface area contributed by atoms with Crippen molar-refractivity contribution in [3.05, 3.63) is 308 Å². The highest BCUT2D eigenvalue weighted by molar-refractivity contribution is 7.90. The van der Waals surface area contributed by atoms with Gasteiger partial charge in [0.15, 0.2) is 0 Å². The van der Waals surface area contributed by atoms with Gasteiger partial charge in [-0.1, -0.05) is 237 Å². The van der Waals surface area contributed by atoms with E-state index in [0.717, 1.165) is 28.2 Å². The molecule has 0 fully saturated rings. The largest absolute Gasteiger partial charge is 0.142 e. The standard InChI is InChI=1S/C72H48S2/c73-66(68-44-43-67(74-68)47-20-2-1-3-21-47)36-18-19-46-37-39-48(40-38-46)69-54-26-4-6-28-56(54)70(57-29-7-5-27-55(57)69)49-41-42-64-65(45-49)72(60-32-14-10-24-52(60)53-25-11-15-33-61(53)72)63-35-17-16-34-62(63)71(64)58-30-12-8-22-50(58)51-23-9-13-31-59(51)71/h1-4,6,8-45,73H,5,7H2/b19-18+,66-36-. The summed E-state index contributed by atoms with van der Waals surface area (Å²) >= 11 is 6.67. The summed E-state index contributed by atoms with van der Waals surface area (Å²) in [5, 5.41) is 5.20. The Labute approximate surface area is 441 Å². The summed E-state index contributed by atoms with van der Waals surface area (Å²) in [7, 11) is 0. The Morgan fingerprint density at radius 3 is 1.39 bits per heavy atom. The highest BCUT2D eigenvalue weighted by Gasteiger charge is 2.59. The van der Waals surface area contributed by atoms with Crippen LogP contribution in [0.4, 0.5) is 0 Å². The van der Waals surface area contributed by atoms with Crippen LogP contribution < -0.4 is 10.4 Å². The van der Waals surface area contributed by atoms with E-state index in [1.54, 1.807) is 11.3 Å². The second-order valence-corrected chi connectivity index (χ2v) is 21.7. The van der Waals surface area contributed by atoms with Crippen LogP contribution in [0, 0.1) is 0 Å². The zero-order valence-corrected chi connectivity index (χ0v) is 42.3. The van der Waals surface area contributed by atoms with E-state index in [-0.39, 0.29) is 0 Å². The lowest BCUT2D eigenvalue weighted by atomic mass is 9.52. The van der Waals surface area contributed by atoms with E-state index in [9.17, 15) is 0 Å². The third-order valence-corrected chi connectivity index (χ3v) is 18.3. The molecule has 1 aromatic heterocycles. The van der Waals surface area contributed by atoms with Gasteiger partial charge < -0.3 is 0 Å². The number of fused-ring (bicyclic) bond motifs is 18. The number of rotatable bonds is 6. The number of thiophene rings is 1. The Morgan fingerprint density at radius 2 is 0.838 bits per heavy atom. The first-order valence-corrected chi connectivity index (χ1v) is 27.1. The Balaban J connectivity index is 0.920. The zero-order chi connectivity index (χ0) is 49.0. The predicted molar refractivity (Wildman–Crippen MR) is 316 cm³/mol. The first-order valence-electron chi connectivity index (χ1n) is 25.9. The Kier molecular flexibility index (Phi) is 9.89. The van der Waals surface area contributed by atoms with Crippen LogP contribution in [0.15, 0.2) is 243 Å². The monoisotopic (exact) mass is 976 g/mol. The fraction of sp³-hybridized carbons (Fsp3) is 0.0556. The maximum Gasteiger partial charge on any atom is 0.0720 e. The molecule has 74 heavy (non-hydrogen) atoms. The molecule has 0 saturated heterocycles. The lowest BCUT2D eigenvalue weighted by Crippen LogP contribution is -2.43. The first kappa shape index (κ1) is 43.3. The van der Waals surface area contributed by atoms with E-state index in [1.807, 2.05) is 0 Å². The second kappa shape index (κ2) is 16.9. The molecule has 0 saturated carbocycles. The molecule has 0 amide bonds. The van der Waals surface area contributed by atoms with Crippen molar-refractivity contribution in [3.63, 3.8) is 0 Å². The molecular formula is C72H48S2. The summed E-state index contributed by atoms with van der Waals surface area (Å²) in [6.07, 6.45) is 13.4. The summed E-state index contributed by atoms with van der Waals surface area (Å²) in [5.41, 5.74) is 22.5. The molecule has 0 aliphatic heterocycles. The number of allylic oxidation sites excluding steroid dienone is 2. The number of thiol groups is 1. The summed E-state index contributed by atoms with van der Waals surface area (Å²) in [4.78, 5) is 3.36. The van der Waals surface area contributed by atoms with E-state index in [2.05, 4.69) is 261 Å². The molecule has 10 aromatic carbocycles. The molecule has 1 heterocycles. The van der Waals surface area contributed by atoms with Crippen molar-refractivity contribution in [1.29, 1.82) is 0 Å². The van der Waals surface area contributed by atoms with Gasteiger partial charge in [-0.25, -0.2) is 0 Å². The van der Waals surface area contributed by atoms with Crippen molar-refractivity contribution < 1.29 is 0 Å². The van der Waals surface area contributed by atoms with E-state index in [0.29, 0.717) is 0 Å². The van der Waals surface area contributed by atoms with Gasteiger partial charge in [0.05, 0.1) is 10.8 Å². The van der Waals surface area contributed by atoms with Crippen molar-refractivity contribution in [1.82, 2.24) is 0 Å². The van der Waals surface area contributed by atoms with Crippen molar-refractivity contribution >= 4 is 57.9 Å². The number of hydrogen-bond donors (Lipinski definition) is 1. The van der Waals surface area contributed by atoms with Gasteiger partial charge in [0.1, 0.15) is 0 Å². The van der Waals surface area contributed by atoms with E-state index in [4.69, 9.17) is 12.6 Å². The Hall–Kier alpha value is -8.27. The molecule has 2 spiro atoms. The van der Waals surface area contributed by atoms with Gasteiger partial charge in [-0.3, -0.25) is 0 Å². The second-order valence-electron chi connectivity index (χ2n) is 20.2. The molecule has 2 heteroatoms. The molecule has 4 aliphatic rings. The first-order chi connectivity index (χ1) is 36.6. The van der Waals surface area contributed by atoms with Crippen molar-refractivity contribution in [2.75, 3.05) is 0 Å². The van der Waals surface area contributed by atoms with Crippen molar-refractivity contribution in [3.8, 4) is 54.9 Å². The van der Waals surface area contributed by atoms with Crippen LogP contribution in [0.2, 0.25) is 0 Å². The average Bonchev–Trinajstić information content (AvgIpc) is 4.35. The van der Waals surface area contributed by atoms with Gasteiger partial charge >= 0.3 is 0 Å². The summed E-state index contributed by atoms with van der Waals surface area (Å²) in [5.74, 6) is 0. The van der Waals surface area contributed by atoms with Crippen LogP contribution >= 0.6 is 24.0 Å². The minimum atomic E-state index is -0.561. The molecule has 348 valence electrons. The van der Waals surface area contributed by atoms with Gasteiger partial charge in [-0.05, 0) is 158 Å². The highest BCUT2D eigenvalue weighted by atomic mass is 32.1. The molecular weight excluding hydrogens is 929 g/mol. The minimum absolute atomic E-state index is 0.524. The molecule has 15 rings (SSSR count). The van der Waals surface area contributed by atoms with Crippen LogP contribution in [-0.2, 0) is 10.8 Å². The SMILES string of the molecule is S/C(=C\C=C\c1ccc(-c2c3c(c(-c4ccc5c(c4)C4(c6ccccc6-c6ccccc64)c4ccccc4C54c5ccccc5-c5ccccc54)c4ccccc24)=CCCC=3)cc1)c1ccc(-c2ccccc2)s1. The smallest absolute Gasteiger partial charge is 0.0720 e. The summed E-state index contributed by atoms with van der Waals surface area (Å²) in [6, 6.07) is 87.1. The quantitative estimate of drug-likeness (QED) is 0.125. The molecule has 0 atom stereocenters. The predicted octanol–water partition coefficient (Wildman–Crippen LogP) is 17.3. The summed E-state index contributed by atoms with van der Waals surface area (Å²) < 4.78 is 0. The number of hydrogen-bond acceptors (Lipinski definition) is 2. The van der Waals surface area contributed by atoms with Gasteiger partial charge in [-0.15, -0.1) is 24.0 Å². The van der Waals surface area contributed by atoms with Crippen LogP contribution in [0.5, 0.6) is 0 Å².